The maximum Gasteiger partial charge on any atom is 0.251 e. The molecule has 3 unspecified atom stereocenters. The molecule has 3 atom stereocenters. The van der Waals surface area contributed by atoms with Crippen molar-refractivity contribution in [3.63, 3.8) is 0 Å². The first-order valence-corrected chi connectivity index (χ1v) is 15.1. The number of aryl methyl sites for hydroxylation is 1. The number of sulfonamides is 1. The van der Waals surface area contributed by atoms with E-state index in [1.165, 1.54) is 18.7 Å². The molecule has 0 bridgehead atoms. The number of halogens is 1. The smallest absolute Gasteiger partial charge is 0.251 e. The molecule has 1 aromatic heterocycles. The van der Waals surface area contributed by atoms with Crippen molar-refractivity contribution >= 4 is 27.6 Å². The number of amides is 1. The molecule has 38 heavy (non-hydrogen) atoms. The number of aromatic nitrogens is 1. The van der Waals surface area contributed by atoms with Crippen molar-refractivity contribution in [3.8, 4) is 0 Å². The first-order chi connectivity index (χ1) is 17.9. The van der Waals surface area contributed by atoms with Crippen LogP contribution in [0.15, 0.2) is 42.5 Å². The first-order valence-electron chi connectivity index (χ1n) is 13.2. The minimum atomic E-state index is -3.54. The van der Waals surface area contributed by atoms with Crippen LogP contribution in [0, 0.1) is 18.8 Å². The minimum absolute atomic E-state index is 0.0142. The van der Waals surface area contributed by atoms with Crippen molar-refractivity contribution < 1.29 is 17.6 Å². The number of nitrogens with two attached hydrogens (primary N) is 1. The summed E-state index contributed by atoms with van der Waals surface area (Å²) in [4.78, 5) is 18.8. The Morgan fingerprint density at radius 1 is 1.13 bits per heavy atom. The van der Waals surface area contributed by atoms with Crippen LogP contribution in [0.2, 0.25) is 0 Å². The Balaban J connectivity index is 0.00000105. The van der Waals surface area contributed by atoms with Crippen molar-refractivity contribution in [1.82, 2.24) is 10.3 Å². The summed E-state index contributed by atoms with van der Waals surface area (Å²) < 4.78 is 37.3. The number of rotatable bonds is 9. The molecule has 1 aliphatic rings. The van der Waals surface area contributed by atoms with Gasteiger partial charge in [-0.25, -0.2) is 17.8 Å². The summed E-state index contributed by atoms with van der Waals surface area (Å²) in [5.41, 5.74) is 7.05. The molecule has 0 aliphatic heterocycles. The van der Waals surface area contributed by atoms with Gasteiger partial charge in [-0.1, -0.05) is 70.5 Å². The molecular weight excluding hydrogens is 505 g/mol. The van der Waals surface area contributed by atoms with Crippen LogP contribution in [-0.2, 0) is 10.0 Å². The zero-order chi connectivity index (χ0) is 29.5. The maximum absolute atomic E-state index is 12.5. The van der Waals surface area contributed by atoms with E-state index in [9.17, 15) is 17.6 Å². The van der Waals surface area contributed by atoms with Crippen LogP contribution in [0.4, 0.5) is 16.0 Å². The molecule has 2 aromatic rings. The fraction of sp³-hybridized carbons (Fsp3) is 0.571. The number of benzene rings is 1. The van der Waals surface area contributed by atoms with Crippen LogP contribution >= 0.6 is 0 Å². The Kier molecular flexibility index (Phi) is 16.5. The van der Waals surface area contributed by atoms with E-state index in [4.69, 9.17) is 5.73 Å². The van der Waals surface area contributed by atoms with Crippen LogP contribution in [0.3, 0.4) is 0 Å². The highest BCUT2D eigenvalue weighted by Crippen LogP contribution is 2.38. The largest absolute Gasteiger partial charge is 0.359 e. The fourth-order valence-corrected chi connectivity index (χ4v) is 3.61. The Bertz CT molecular complexity index is 1050. The van der Waals surface area contributed by atoms with E-state index in [1.54, 1.807) is 6.07 Å². The van der Waals surface area contributed by atoms with Crippen LogP contribution < -0.4 is 20.3 Å². The third kappa shape index (κ3) is 12.7. The molecule has 0 radical (unpaired) electrons. The van der Waals surface area contributed by atoms with Gasteiger partial charge in [0.05, 0.1) is 12.3 Å². The molecule has 1 heterocycles. The number of nitrogens with one attached hydrogen (secondary N) is 1. The Hall–Kier alpha value is -2.72. The highest BCUT2D eigenvalue weighted by molar-refractivity contribution is 7.92. The van der Waals surface area contributed by atoms with E-state index < -0.39 is 28.6 Å². The molecule has 0 saturated heterocycles. The number of nitrogens with zero attached hydrogens (tertiary/aromatic N) is 3. The van der Waals surface area contributed by atoms with Gasteiger partial charge in [-0.05, 0) is 37.3 Å². The van der Waals surface area contributed by atoms with E-state index >= 15 is 0 Å². The molecule has 1 fully saturated rings. The SMILES string of the molecule is CC.CC.CC1CC1CN(C)c1cc(C(=O)NCC(N)CF)cc(N(C)S(C)(=O)=O)n1.Cc1ccccc1. The quantitative estimate of drug-likeness (QED) is 0.468. The zero-order valence-electron chi connectivity index (χ0n) is 24.5. The lowest BCUT2D eigenvalue weighted by molar-refractivity contribution is 0.0950. The number of carbonyl (C=O) groups excluding carboxylic acids is 1. The highest BCUT2D eigenvalue weighted by atomic mass is 32.2. The topological polar surface area (TPSA) is 109 Å². The number of carbonyl (C=O) groups is 1. The monoisotopic (exact) mass is 553 g/mol. The molecule has 8 nitrogen and oxygen atoms in total. The zero-order valence-corrected chi connectivity index (χ0v) is 25.3. The fourth-order valence-electron chi connectivity index (χ4n) is 3.17. The first kappa shape index (κ1) is 35.3. The van der Waals surface area contributed by atoms with Gasteiger partial charge in [0.25, 0.3) is 5.91 Å². The number of hydrogen-bond donors (Lipinski definition) is 2. The predicted octanol–water partition coefficient (Wildman–Crippen LogP) is 4.64. The third-order valence-corrected chi connectivity index (χ3v) is 6.90. The van der Waals surface area contributed by atoms with Crippen molar-refractivity contribution in [2.75, 3.05) is 49.3 Å². The summed E-state index contributed by atoms with van der Waals surface area (Å²) in [6.45, 7) is 12.3. The van der Waals surface area contributed by atoms with Crippen molar-refractivity contribution in [3.05, 3.63) is 53.6 Å². The normalized spacial score (nSPS) is 16.2. The van der Waals surface area contributed by atoms with Gasteiger partial charge in [0.1, 0.15) is 18.3 Å². The lowest BCUT2D eigenvalue weighted by atomic mass is 10.2. The van der Waals surface area contributed by atoms with Crippen LogP contribution in [0.5, 0.6) is 0 Å². The number of pyridine rings is 1. The molecule has 1 aromatic carbocycles. The van der Waals surface area contributed by atoms with E-state index in [0.29, 0.717) is 17.7 Å². The summed E-state index contributed by atoms with van der Waals surface area (Å²) >= 11 is 0. The summed E-state index contributed by atoms with van der Waals surface area (Å²) in [7, 11) is -0.299. The Labute approximate surface area is 229 Å². The third-order valence-electron chi connectivity index (χ3n) is 5.72. The van der Waals surface area contributed by atoms with E-state index in [-0.39, 0.29) is 17.9 Å². The molecular formula is C28H48FN5O3S. The molecule has 3 rings (SSSR count). The van der Waals surface area contributed by atoms with Gasteiger partial charge in [0, 0.05) is 32.7 Å². The van der Waals surface area contributed by atoms with Gasteiger partial charge in [-0.3, -0.25) is 9.10 Å². The maximum atomic E-state index is 12.5. The van der Waals surface area contributed by atoms with Crippen molar-refractivity contribution in [2.45, 2.75) is 54.0 Å². The highest BCUT2D eigenvalue weighted by Gasteiger charge is 2.33. The number of alkyl halides is 1. The number of anilines is 2. The molecule has 1 aliphatic carbocycles. The summed E-state index contributed by atoms with van der Waals surface area (Å²) in [6, 6.07) is 12.5. The van der Waals surface area contributed by atoms with Gasteiger partial charge in [0.15, 0.2) is 0 Å². The van der Waals surface area contributed by atoms with E-state index in [1.807, 2.05) is 57.8 Å². The molecule has 1 amide bonds. The van der Waals surface area contributed by atoms with Gasteiger partial charge in [-0.2, -0.15) is 0 Å². The van der Waals surface area contributed by atoms with E-state index in [0.717, 1.165) is 23.5 Å². The van der Waals surface area contributed by atoms with Crippen molar-refractivity contribution in [2.24, 2.45) is 17.6 Å². The molecule has 0 spiro atoms. The molecule has 216 valence electrons. The molecule has 10 heteroatoms. The summed E-state index contributed by atoms with van der Waals surface area (Å²) in [5.74, 6) is 1.40. The van der Waals surface area contributed by atoms with E-state index in [2.05, 4.69) is 36.3 Å². The molecule has 1 saturated carbocycles. The predicted molar refractivity (Wildman–Crippen MR) is 158 cm³/mol. The van der Waals surface area contributed by atoms with Gasteiger partial charge in [0.2, 0.25) is 10.0 Å². The second-order valence-corrected chi connectivity index (χ2v) is 10.9. The van der Waals surface area contributed by atoms with Crippen LogP contribution in [0.1, 0.15) is 57.0 Å². The molecule has 3 N–H and O–H groups in total. The summed E-state index contributed by atoms with van der Waals surface area (Å²) in [5, 5.41) is 2.56. The second-order valence-electron chi connectivity index (χ2n) is 8.94. The Morgan fingerprint density at radius 2 is 1.66 bits per heavy atom. The standard InChI is InChI=1S/C17H28FN5O3S.C7H8.2C2H6/c1-11-5-13(11)10-22(2)15-6-12(17(24)20-9-14(19)8-18)7-16(21-15)23(3)27(4,25)26;1-7-5-3-2-4-6-7;2*1-2/h6-7,11,13-14H,5,8-10,19H2,1-4H3,(H,20,24);2-6H,1H3;2*1-2H3. The average Bonchev–Trinajstić information content (AvgIpc) is 3.62. The van der Waals surface area contributed by atoms with Gasteiger partial charge < -0.3 is 16.0 Å². The second kappa shape index (κ2) is 17.7. The van der Waals surface area contributed by atoms with Crippen LogP contribution in [0.25, 0.3) is 0 Å². The summed E-state index contributed by atoms with van der Waals surface area (Å²) in [6.07, 6.45) is 2.21. The van der Waals surface area contributed by atoms with Gasteiger partial charge >= 0.3 is 0 Å². The average molecular weight is 554 g/mol. The lowest BCUT2D eigenvalue weighted by Gasteiger charge is -2.23. The van der Waals surface area contributed by atoms with Gasteiger partial charge in [-0.15, -0.1) is 0 Å². The minimum Gasteiger partial charge on any atom is -0.359 e. The lowest BCUT2D eigenvalue weighted by Crippen LogP contribution is -2.38. The van der Waals surface area contributed by atoms with Crippen LogP contribution in [-0.4, -0.2) is 65.5 Å². The number of hydrogen-bond acceptors (Lipinski definition) is 6. The Morgan fingerprint density at radius 3 is 2.08 bits per heavy atom. The van der Waals surface area contributed by atoms with Crippen molar-refractivity contribution in [1.29, 1.82) is 0 Å².